The molecule has 2 unspecified atom stereocenters. The minimum atomic E-state index is -1.01. The third-order valence-electron chi connectivity index (χ3n) is 4.66. The minimum Gasteiger partial charge on any atom is -0.493 e. The van der Waals surface area contributed by atoms with E-state index in [1.807, 2.05) is 0 Å². The quantitative estimate of drug-likeness (QED) is 0.342. The normalized spacial score (nSPS) is 12.5. The smallest absolute Gasteiger partial charge is 0.328 e. The van der Waals surface area contributed by atoms with Gasteiger partial charge in [0.2, 0.25) is 6.79 Å². The number of rotatable bonds is 11. The lowest BCUT2D eigenvalue weighted by Crippen LogP contribution is -2.40. The Morgan fingerprint density at radius 1 is 1.06 bits per heavy atom. The fourth-order valence-corrected chi connectivity index (χ4v) is 3.29. The Labute approximate surface area is 213 Å². The van der Waals surface area contributed by atoms with Gasteiger partial charge in [0.25, 0.3) is 5.91 Å². The van der Waals surface area contributed by atoms with Crippen LogP contribution in [0.5, 0.6) is 11.5 Å². The number of amides is 1. The molecule has 12 heteroatoms. The summed E-state index contributed by atoms with van der Waals surface area (Å²) in [5, 5.41) is 3.26. The van der Waals surface area contributed by atoms with Gasteiger partial charge in [0.1, 0.15) is 6.04 Å². The molecule has 0 aliphatic carbocycles. The summed E-state index contributed by atoms with van der Waals surface area (Å²) in [7, 11) is 1.38. The molecule has 0 saturated heterocycles. The molecule has 10 nitrogen and oxygen atoms in total. The Bertz CT molecular complexity index is 1070. The number of methoxy groups -OCH3 is 1. The van der Waals surface area contributed by atoms with Crippen LogP contribution in [0.3, 0.4) is 0 Å². The molecule has 2 aromatic heterocycles. The average molecular weight is 528 g/mol. The summed E-state index contributed by atoms with van der Waals surface area (Å²) >= 11 is 12.0. The molecule has 0 spiro atoms. The maximum absolute atomic E-state index is 12.8. The summed E-state index contributed by atoms with van der Waals surface area (Å²) in [6.07, 6.45) is 2.79. The van der Waals surface area contributed by atoms with Gasteiger partial charge in [0, 0.05) is 24.4 Å². The number of aromatic nitrogens is 2. The first-order chi connectivity index (χ1) is 16.5. The highest BCUT2D eigenvalue weighted by Gasteiger charge is 2.25. The Balaban J connectivity index is 2.01. The zero-order valence-electron chi connectivity index (χ0n) is 20.0. The zero-order valence-corrected chi connectivity index (χ0v) is 21.5. The Morgan fingerprint density at radius 3 is 2.40 bits per heavy atom. The molecule has 0 saturated carbocycles. The van der Waals surface area contributed by atoms with E-state index in [1.54, 1.807) is 26.8 Å². The van der Waals surface area contributed by atoms with Gasteiger partial charge in [-0.3, -0.25) is 14.6 Å². The van der Waals surface area contributed by atoms with Crippen LogP contribution in [0.25, 0.3) is 0 Å². The number of hydrogen-bond donors (Lipinski definition) is 1. The summed E-state index contributed by atoms with van der Waals surface area (Å²) in [4.78, 5) is 45.1. The summed E-state index contributed by atoms with van der Waals surface area (Å²) in [5.41, 5.74) is 0.371. The highest BCUT2D eigenvalue weighted by molar-refractivity contribution is 6.34. The lowest BCUT2D eigenvalue weighted by atomic mass is 10.1. The van der Waals surface area contributed by atoms with Crippen LogP contribution in [0.15, 0.2) is 24.5 Å². The van der Waals surface area contributed by atoms with Crippen molar-refractivity contribution < 1.29 is 33.3 Å². The molecule has 0 aliphatic rings. The third-order valence-corrected chi connectivity index (χ3v) is 5.17. The number of carbonyl (C=O) groups is 3. The molecule has 2 heterocycles. The predicted molar refractivity (Wildman–Crippen MR) is 128 cm³/mol. The van der Waals surface area contributed by atoms with Gasteiger partial charge < -0.3 is 24.3 Å². The van der Waals surface area contributed by atoms with E-state index >= 15 is 0 Å². The number of ether oxygens (including phenoxy) is 4. The molecule has 2 atom stereocenters. The van der Waals surface area contributed by atoms with E-state index in [0.29, 0.717) is 15.7 Å². The molecule has 0 aromatic carbocycles. The lowest BCUT2D eigenvalue weighted by molar-refractivity contribution is -0.154. The second-order valence-corrected chi connectivity index (χ2v) is 8.66. The molecule has 0 bridgehead atoms. The van der Waals surface area contributed by atoms with Crippen molar-refractivity contribution in [2.75, 3.05) is 20.5 Å². The number of hydrogen-bond acceptors (Lipinski definition) is 9. The highest BCUT2D eigenvalue weighted by atomic mass is 35.5. The van der Waals surface area contributed by atoms with Crippen LogP contribution in [0.4, 0.5) is 0 Å². The van der Waals surface area contributed by atoms with Gasteiger partial charge in [-0.1, -0.05) is 44.0 Å². The van der Waals surface area contributed by atoms with Crippen molar-refractivity contribution in [2.45, 2.75) is 39.7 Å². The van der Waals surface area contributed by atoms with Crippen molar-refractivity contribution in [1.82, 2.24) is 15.3 Å². The topological polar surface area (TPSA) is 126 Å². The number of halogens is 2. The van der Waals surface area contributed by atoms with Crippen molar-refractivity contribution in [3.05, 3.63) is 46.0 Å². The maximum Gasteiger partial charge on any atom is 0.328 e. The molecule has 2 rings (SSSR count). The van der Waals surface area contributed by atoms with Crippen molar-refractivity contribution >= 4 is 41.0 Å². The van der Waals surface area contributed by atoms with Crippen molar-refractivity contribution in [3.8, 4) is 11.5 Å². The molecular formula is C23H27Cl2N3O7. The van der Waals surface area contributed by atoms with Crippen LogP contribution < -0.4 is 14.8 Å². The number of carbonyl (C=O) groups excluding carboxylic acids is 3. The van der Waals surface area contributed by atoms with Crippen molar-refractivity contribution in [3.63, 3.8) is 0 Å². The molecule has 2 aromatic rings. The summed E-state index contributed by atoms with van der Waals surface area (Å²) in [6.45, 7) is 6.13. The molecule has 190 valence electrons. The largest absolute Gasteiger partial charge is 0.493 e. The van der Waals surface area contributed by atoms with E-state index in [4.69, 9.17) is 42.1 Å². The Hall–Kier alpha value is -3.11. The van der Waals surface area contributed by atoms with Crippen LogP contribution in [0.1, 0.15) is 49.8 Å². The van der Waals surface area contributed by atoms with Crippen LogP contribution in [-0.2, 0) is 19.1 Å². The fourth-order valence-electron chi connectivity index (χ4n) is 2.73. The molecule has 0 fully saturated rings. The van der Waals surface area contributed by atoms with Gasteiger partial charge in [-0.05, 0) is 13.0 Å². The third kappa shape index (κ3) is 7.97. The Morgan fingerprint density at radius 2 is 1.77 bits per heavy atom. The highest BCUT2D eigenvalue weighted by Crippen LogP contribution is 2.30. The van der Waals surface area contributed by atoms with Crippen LogP contribution in [0, 0.1) is 5.92 Å². The van der Waals surface area contributed by atoms with E-state index in [1.165, 1.54) is 32.5 Å². The van der Waals surface area contributed by atoms with Gasteiger partial charge >= 0.3 is 11.9 Å². The van der Waals surface area contributed by atoms with E-state index in [9.17, 15) is 14.4 Å². The Kier molecular flexibility index (Phi) is 10.5. The lowest BCUT2D eigenvalue weighted by Gasteiger charge is -2.18. The molecule has 0 radical (unpaired) electrons. The number of nitrogens with one attached hydrogen (secondary N) is 1. The molecule has 0 aliphatic heterocycles. The average Bonchev–Trinajstić information content (AvgIpc) is 2.81. The standard InChI is InChI=1S/C23H27Cl2N3O7/c1-12(2)22(30)35-11-34-20-17(32-5)6-7-26-19(20)21(29)28-14(4)23(31)33-10-13(3)18-16(25)8-15(24)9-27-18/h6-9,12-14H,10-11H2,1-5H3,(H,28,29). The van der Waals surface area contributed by atoms with Crippen LogP contribution in [0.2, 0.25) is 10.0 Å². The monoisotopic (exact) mass is 527 g/mol. The van der Waals surface area contributed by atoms with E-state index < -0.39 is 30.7 Å². The second kappa shape index (κ2) is 13.1. The number of esters is 2. The minimum absolute atomic E-state index is 0.0135. The predicted octanol–water partition coefficient (Wildman–Crippen LogP) is 3.79. The van der Waals surface area contributed by atoms with Crippen molar-refractivity contribution in [2.24, 2.45) is 5.92 Å². The second-order valence-electron chi connectivity index (χ2n) is 7.82. The SMILES string of the molecule is COc1ccnc(C(=O)NC(C)C(=O)OCC(C)c2ncc(Cl)cc2Cl)c1OCOC(=O)C(C)C. The maximum atomic E-state index is 12.8. The molecule has 1 amide bonds. The van der Waals surface area contributed by atoms with Crippen LogP contribution in [-0.4, -0.2) is 54.4 Å². The number of pyridine rings is 2. The van der Waals surface area contributed by atoms with Gasteiger partial charge in [0.05, 0.1) is 35.4 Å². The summed E-state index contributed by atoms with van der Waals surface area (Å²) in [5.74, 6) is -2.36. The molecule has 1 N–H and O–H groups in total. The first-order valence-corrected chi connectivity index (χ1v) is 11.4. The first kappa shape index (κ1) is 28.1. The van der Waals surface area contributed by atoms with Gasteiger partial charge in [-0.2, -0.15) is 0 Å². The van der Waals surface area contributed by atoms with E-state index in [2.05, 4.69) is 15.3 Å². The number of nitrogens with zero attached hydrogens (tertiary/aromatic N) is 2. The first-order valence-electron chi connectivity index (χ1n) is 10.7. The van der Waals surface area contributed by atoms with Gasteiger partial charge in [0.15, 0.2) is 17.2 Å². The zero-order chi connectivity index (χ0) is 26.1. The molecule has 35 heavy (non-hydrogen) atoms. The van der Waals surface area contributed by atoms with E-state index in [-0.39, 0.29) is 35.6 Å². The van der Waals surface area contributed by atoms with Gasteiger partial charge in [-0.25, -0.2) is 9.78 Å². The van der Waals surface area contributed by atoms with Gasteiger partial charge in [-0.15, -0.1) is 0 Å². The van der Waals surface area contributed by atoms with E-state index in [0.717, 1.165) is 0 Å². The summed E-state index contributed by atoms with van der Waals surface area (Å²) < 4.78 is 21.0. The van der Waals surface area contributed by atoms with Crippen LogP contribution >= 0.6 is 23.2 Å². The molecular weight excluding hydrogens is 501 g/mol. The van der Waals surface area contributed by atoms with Crippen molar-refractivity contribution in [1.29, 1.82) is 0 Å². The fraction of sp³-hybridized carbons (Fsp3) is 0.435. The summed E-state index contributed by atoms with van der Waals surface area (Å²) in [6, 6.07) is 2.02.